The molecule has 0 aromatic carbocycles. The Labute approximate surface area is 114 Å². The van der Waals surface area contributed by atoms with Crippen molar-refractivity contribution < 1.29 is 9.53 Å². The quantitative estimate of drug-likeness (QED) is 0.783. The number of anilines is 1. The van der Waals surface area contributed by atoms with Gasteiger partial charge in [0.05, 0.1) is 19.2 Å². The van der Waals surface area contributed by atoms with Crippen molar-refractivity contribution in [1.29, 1.82) is 0 Å². The van der Waals surface area contributed by atoms with Crippen LogP contribution in [0.3, 0.4) is 0 Å². The third kappa shape index (κ3) is 3.75. The molecular formula is C11H15N5O2S. The first-order chi connectivity index (χ1) is 9.19. The SMILES string of the molecule is COC(=O)Cc1csc(NCCc2nncn2C)n1. The average Bonchev–Trinajstić information content (AvgIpc) is 3.00. The molecule has 0 amide bonds. The lowest BCUT2D eigenvalue weighted by Crippen LogP contribution is -2.09. The molecule has 2 rings (SSSR count). The molecule has 0 saturated heterocycles. The Morgan fingerprint density at radius 3 is 3.11 bits per heavy atom. The summed E-state index contributed by atoms with van der Waals surface area (Å²) in [6.45, 7) is 0.720. The lowest BCUT2D eigenvalue weighted by Gasteiger charge is -2.01. The predicted molar refractivity (Wildman–Crippen MR) is 71.0 cm³/mol. The van der Waals surface area contributed by atoms with Gasteiger partial charge in [0.15, 0.2) is 5.13 Å². The molecule has 0 saturated carbocycles. The number of esters is 1. The summed E-state index contributed by atoms with van der Waals surface area (Å²) < 4.78 is 6.48. The van der Waals surface area contributed by atoms with Crippen molar-refractivity contribution in [2.45, 2.75) is 12.8 Å². The lowest BCUT2D eigenvalue weighted by atomic mass is 10.3. The molecule has 0 fully saturated rings. The minimum atomic E-state index is -0.282. The Hall–Kier alpha value is -1.96. The molecule has 0 atom stereocenters. The Morgan fingerprint density at radius 2 is 2.42 bits per heavy atom. The zero-order valence-electron chi connectivity index (χ0n) is 10.8. The molecule has 0 spiro atoms. The van der Waals surface area contributed by atoms with Crippen LogP contribution >= 0.6 is 11.3 Å². The number of ether oxygens (including phenoxy) is 1. The highest BCUT2D eigenvalue weighted by molar-refractivity contribution is 7.13. The first-order valence-electron chi connectivity index (χ1n) is 5.77. The summed E-state index contributed by atoms with van der Waals surface area (Å²) in [5.41, 5.74) is 0.720. The second-order valence-electron chi connectivity index (χ2n) is 3.93. The highest BCUT2D eigenvalue weighted by atomic mass is 32.1. The number of aromatic nitrogens is 4. The number of rotatable bonds is 6. The summed E-state index contributed by atoms with van der Waals surface area (Å²) in [5.74, 6) is 0.634. The number of nitrogens with zero attached hydrogens (tertiary/aromatic N) is 4. The average molecular weight is 281 g/mol. The molecule has 0 aliphatic rings. The predicted octanol–water partition coefficient (Wildman–Crippen LogP) is 0.642. The highest BCUT2D eigenvalue weighted by Crippen LogP contribution is 2.15. The molecule has 1 N–H and O–H groups in total. The van der Waals surface area contributed by atoms with Gasteiger partial charge in [-0.1, -0.05) is 0 Å². The molecule has 2 aromatic rings. The molecule has 8 heteroatoms. The maximum Gasteiger partial charge on any atom is 0.311 e. The van der Waals surface area contributed by atoms with Gasteiger partial charge in [-0.05, 0) is 0 Å². The lowest BCUT2D eigenvalue weighted by molar-refractivity contribution is -0.139. The smallest absolute Gasteiger partial charge is 0.311 e. The molecule has 102 valence electrons. The van der Waals surface area contributed by atoms with Crippen molar-refractivity contribution in [3.8, 4) is 0 Å². The van der Waals surface area contributed by atoms with Crippen LogP contribution in [0.25, 0.3) is 0 Å². The van der Waals surface area contributed by atoms with Crippen LogP contribution in [0.1, 0.15) is 11.5 Å². The first-order valence-corrected chi connectivity index (χ1v) is 6.65. The van der Waals surface area contributed by atoms with Gasteiger partial charge in [-0.25, -0.2) is 4.98 Å². The normalized spacial score (nSPS) is 10.4. The second kappa shape index (κ2) is 6.28. The van der Waals surface area contributed by atoms with Crippen LogP contribution < -0.4 is 5.32 Å². The van der Waals surface area contributed by atoms with E-state index in [1.54, 1.807) is 6.33 Å². The summed E-state index contributed by atoms with van der Waals surface area (Å²) in [5, 5.41) is 13.6. The van der Waals surface area contributed by atoms with E-state index in [0.717, 1.165) is 29.6 Å². The molecule has 0 bridgehead atoms. The zero-order chi connectivity index (χ0) is 13.7. The maximum atomic E-state index is 11.1. The largest absolute Gasteiger partial charge is 0.469 e. The van der Waals surface area contributed by atoms with E-state index in [2.05, 4.69) is 25.2 Å². The van der Waals surface area contributed by atoms with Crippen LogP contribution in [0.2, 0.25) is 0 Å². The van der Waals surface area contributed by atoms with Crippen LogP contribution in [-0.2, 0) is 29.4 Å². The molecule has 0 aliphatic heterocycles. The molecular weight excluding hydrogens is 266 g/mol. The Morgan fingerprint density at radius 1 is 1.58 bits per heavy atom. The highest BCUT2D eigenvalue weighted by Gasteiger charge is 2.07. The van der Waals surface area contributed by atoms with Crippen molar-refractivity contribution in [2.75, 3.05) is 19.0 Å². The second-order valence-corrected chi connectivity index (χ2v) is 4.79. The standard InChI is InChI=1S/C11H15N5O2S/c1-16-7-13-15-9(16)3-4-12-11-14-8(6-19-11)5-10(17)18-2/h6-7H,3-5H2,1-2H3,(H,12,14). The third-order valence-corrected chi connectivity index (χ3v) is 3.38. The molecule has 19 heavy (non-hydrogen) atoms. The van der Waals surface area contributed by atoms with Crippen LogP contribution in [-0.4, -0.2) is 39.4 Å². The maximum absolute atomic E-state index is 11.1. The molecule has 0 unspecified atom stereocenters. The van der Waals surface area contributed by atoms with E-state index in [1.807, 2.05) is 17.0 Å². The Kier molecular flexibility index (Phi) is 4.45. The number of thiazole rings is 1. The Bertz CT molecular complexity index is 551. The molecule has 0 aliphatic carbocycles. The fourth-order valence-electron chi connectivity index (χ4n) is 1.50. The molecule has 2 heterocycles. The molecule has 2 aromatic heterocycles. The van der Waals surface area contributed by atoms with Crippen molar-refractivity contribution in [3.05, 3.63) is 23.2 Å². The van der Waals surface area contributed by atoms with Gasteiger partial charge in [0.1, 0.15) is 12.2 Å². The van der Waals surface area contributed by atoms with Gasteiger partial charge in [0, 0.05) is 25.4 Å². The monoisotopic (exact) mass is 281 g/mol. The van der Waals surface area contributed by atoms with Crippen molar-refractivity contribution in [1.82, 2.24) is 19.7 Å². The number of carbonyl (C=O) groups is 1. The van der Waals surface area contributed by atoms with Crippen LogP contribution in [0.4, 0.5) is 5.13 Å². The number of nitrogens with one attached hydrogen (secondary N) is 1. The van der Waals surface area contributed by atoms with Crippen molar-refractivity contribution in [3.63, 3.8) is 0 Å². The fourth-order valence-corrected chi connectivity index (χ4v) is 2.24. The van der Waals surface area contributed by atoms with E-state index in [4.69, 9.17) is 0 Å². The van der Waals surface area contributed by atoms with Gasteiger partial charge in [0.25, 0.3) is 0 Å². The summed E-state index contributed by atoms with van der Waals surface area (Å²) in [7, 11) is 3.28. The molecule has 0 radical (unpaired) electrons. The van der Waals surface area contributed by atoms with Gasteiger partial charge in [0.2, 0.25) is 0 Å². The number of hydrogen-bond acceptors (Lipinski definition) is 7. The van der Waals surface area contributed by atoms with Gasteiger partial charge in [-0.3, -0.25) is 4.79 Å². The summed E-state index contributed by atoms with van der Waals surface area (Å²) in [6, 6.07) is 0. The van der Waals surface area contributed by atoms with E-state index < -0.39 is 0 Å². The fraction of sp³-hybridized carbons (Fsp3) is 0.455. The van der Waals surface area contributed by atoms with Gasteiger partial charge in [-0.2, -0.15) is 0 Å². The zero-order valence-corrected chi connectivity index (χ0v) is 11.6. The van der Waals surface area contributed by atoms with E-state index in [-0.39, 0.29) is 12.4 Å². The summed E-state index contributed by atoms with van der Waals surface area (Å²) in [4.78, 5) is 15.4. The van der Waals surface area contributed by atoms with Crippen molar-refractivity contribution >= 4 is 22.4 Å². The minimum Gasteiger partial charge on any atom is -0.469 e. The summed E-state index contributed by atoms with van der Waals surface area (Å²) in [6.07, 6.45) is 2.65. The number of hydrogen-bond donors (Lipinski definition) is 1. The van der Waals surface area contributed by atoms with E-state index in [1.165, 1.54) is 18.4 Å². The number of carbonyl (C=O) groups excluding carboxylic acids is 1. The van der Waals surface area contributed by atoms with Gasteiger partial charge < -0.3 is 14.6 Å². The van der Waals surface area contributed by atoms with Crippen LogP contribution in [0.15, 0.2) is 11.7 Å². The topological polar surface area (TPSA) is 81.9 Å². The van der Waals surface area contributed by atoms with E-state index in [0.29, 0.717) is 0 Å². The third-order valence-electron chi connectivity index (χ3n) is 2.53. The van der Waals surface area contributed by atoms with Crippen LogP contribution in [0.5, 0.6) is 0 Å². The van der Waals surface area contributed by atoms with Crippen LogP contribution in [0, 0.1) is 0 Å². The number of aryl methyl sites for hydroxylation is 1. The Balaban J connectivity index is 1.80. The number of methoxy groups -OCH3 is 1. The van der Waals surface area contributed by atoms with Gasteiger partial charge >= 0.3 is 5.97 Å². The summed E-state index contributed by atoms with van der Waals surface area (Å²) >= 11 is 1.47. The van der Waals surface area contributed by atoms with Crippen molar-refractivity contribution in [2.24, 2.45) is 7.05 Å². The molecule has 7 nitrogen and oxygen atoms in total. The minimum absolute atomic E-state index is 0.206. The van der Waals surface area contributed by atoms with E-state index in [9.17, 15) is 4.79 Å². The van der Waals surface area contributed by atoms with E-state index >= 15 is 0 Å². The van der Waals surface area contributed by atoms with Gasteiger partial charge in [-0.15, -0.1) is 21.5 Å². The first kappa shape index (κ1) is 13.5.